The molecule has 0 heterocycles. The van der Waals surface area contributed by atoms with E-state index in [0.717, 1.165) is 5.92 Å². The third-order valence-corrected chi connectivity index (χ3v) is 5.18. The van der Waals surface area contributed by atoms with Crippen molar-refractivity contribution in [1.82, 2.24) is 10.3 Å². The van der Waals surface area contributed by atoms with E-state index < -0.39 is 0 Å². The monoisotopic (exact) mass is 289 g/mol. The molecule has 1 aromatic carbocycles. The molecule has 3 atom stereocenters. The van der Waals surface area contributed by atoms with Gasteiger partial charge < -0.3 is 4.90 Å². The lowest BCUT2D eigenvalue weighted by Crippen LogP contribution is -2.57. The van der Waals surface area contributed by atoms with Crippen molar-refractivity contribution in [3.8, 4) is 0 Å². The summed E-state index contributed by atoms with van der Waals surface area (Å²) in [6, 6.07) is 6.96. The highest BCUT2D eigenvalue weighted by molar-refractivity contribution is 5.33. The van der Waals surface area contributed by atoms with Crippen LogP contribution in [0.15, 0.2) is 18.2 Å². The van der Waals surface area contributed by atoms with Crippen molar-refractivity contribution in [1.29, 1.82) is 0 Å². The van der Waals surface area contributed by atoms with Crippen LogP contribution in [0.5, 0.6) is 0 Å². The van der Waals surface area contributed by atoms with Gasteiger partial charge in [-0.25, -0.2) is 0 Å². The Morgan fingerprint density at radius 3 is 2.33 bits per heavy atom. The minimum atomic E-state index is 0.104. The van der Waals surface area contributed by atoms with Crippen LogP contribution in [0.1, 0.15) is 55.3 Å². The van der Waals surface area contributed by atoms with E-state index in [1.807, 2.05) is 0 Å². The van der Waals surface area contributed by atoms with Crippen molar-refractivity contribution in [2.45, 2.75) is 58.0 Å². The summed E-state index contributed by atoms with van der Waals surface area (Å²) in [4.78, 5) is 2.39. The van der Waals surface area contributed by atoms with Crippen molar-refractivity contribution >= 4 is 0 Å². The first-order chi connectivity index (χ1) is 9.89. The Hall–Kier alpha value is -0.900. The summed E-state index contributed by atoms with van der Waals surface area (Å²) in [6.45, 7) is 6.69. The number of benzene rings is 1. The highest BCUT2D eigenvalue weighted by atomic mass is 15.3. The second-order valence-corrected chi connectivity index (χ2v) is 7.22. The van der Waals surface area contributed by atoms with Crippen LogP contribution in [-0.4, -0.2) is 24.5 Å². The smallest absolute Gasteiger partial charge is 0.0644 e. The van der Waals surface area contributed by atoms with Crippen LogP contribution in [0.25, 0.3) is 0 Å². The number of likely N-dealkylation sites (N-methyl/N-ethyl adjacent to an activating group) is 1. The molecule has 0 amide bonds. The van der Waals surface area contributed by atoms with Crippen LogP contribution in [0, 0.1) is 19.8 Å². The van der Waals surface area contributed by atoms with Crippen LogP contribution in [0.3, 0.4) is 0 Å². The first-order valence-corrected chi connectivity index (χ1v) is 8.11. The molecule has 1 aromatic rings. The number of nitrogens with one attached hydrogen (secondary N) is 1. The summed E-state index contributed by atoms with van der Waals surface area (Å²) in [5.41, 5.74) is 7.18. The Bertz CT molecular complexity index is 463. The van der Waals surface area contributed by atoms with Crippen molar-refractivity contribution in [2.75, 3.05) is 14.1 Å². The van der Waals surface area contributed by atoms with Crippen LogP contribution in [0.2, 0.25) is 0 Å². The van der Waals surface area contributed by atoms with Crippen LogP contribution < -0.4 is 11.3 Å². The molecule has 0 aromatic heterocycles. The zero-order valence-corrected chi connectivity index (χ0v) is 14.2. The summed E-state index contributed by atoms with van der Waals surface area (Å²) in [5, 5.41) is 0. The maximum Gasteiger partial charge on any atom is 0.0644 e. The summed E-state index contributed by atoms with van der Waals surface area (Å²) >= 11 is 0. The zero-order chi connectivity index (χ0) is 15.6. The Morgan fingerprint density at radius 1 is 1.24 bits per heavy atom. The SMILES string of the molecule is Cc1cc(C)cc(C(NN)C2(N(C)C)CCCC(C)C2)c1. The van der Waals surface area contributed by atoms with Gasteiger partial charge in [0.05, 0.1) is 6.04 Å². The zero-order valence-electron chi connectivity index (χ0n) is 14.2. The first kappa shape index (κ1) is 16.5. The second kappa shape index (κ2) is 6.47. The lowest BCUT2D eigenvalue weighted by Gasteiger charge is -2.50. The lowest BCUT2D eigenvalue weighted by molar-refractivity contribution is 0.0366. The highest BCUT2D eigenvalue weighted by Crippen LogP contribution is 2.44. The molecular formula is C18H31N3. The predicted octanol–water partition coefficient (Wildman–Crippen LogP) is 3.32. The maximum atomic E-state index is 6.03. The largest absolute Gasteiger partial charge is 0.302 e. The molecule has 1 aliphatic rings. The van der Waals surface area contributed by atoms with Gasteiger partial charge in [0, 0.05) is 5.54 Å². The van der Waals surface area contributed by atoms with Crippen LogP contribution in [0.4, 0.5) is 0 Å². The van der Waals surface area contributed by atoms with Gasteiger partial charge in [-0.05, 0) is 52.3 Å². The Labute approximate surface area is 129 Å². The van der Waals surface area contributed by atoms with Gasteiger partial charge in [0.25, 0.3) is 0 Å². The Balaban J connectivity index is 2.44. The summed E-state index contributed by atoms with van der Waals surface area (Å²) < 4.78 is 0. The molecule has 3 nitrogen and oxygen atoms in total. The molecule has 0 spiro atoms. The van der Waals surface area contributed by atoms with E-state index in [-0.39, 0.29) is 11.6 Å². The average Bonchev–Trinajstić information content (AvgIpc) is 2.38. The molecule has 0 saturated heterocycles. The number of aryl methyl sites for hydroxylation is 2. The van der Waals surface area contributed by atoms with E-state index in [0.29, 0.717) is 0 Å². The second-order valence-electron chi connectivity index (χ2n) is 7.22. The van der Waals surface area contributed by atoms with Gasteiger partial charge >= 0.3 is 0 Å². The molecule has 1 aliphatic carbocycles. The van der Waals surface area contributed by atoms with Crippen molar-refractivity contribution in [3.63, 3.8) is 0 Å². The normalized spacial score (nSPS) is 27.9. The van der Waals surface area contributed by atoms with Crippen LogP contribution in [-0.2, 0) is 0 Å². The molecule has 0 aliphatic heterocycles. The van der Waals surface area contributed by atoms with E-state index in [4.69, 9.17) is 5.84 Å². The molecule has 3 heteroatoms. The van der Waals surface area contributed by atoms with Gasteiger partial charge in [-0.3, -0.25) is 11.3 Å². The quantitative estimate of drug-likeness (QED) is 0.660. The fraction of sp³-hybridized carbons (Fsp3) is 0.667. The van der Waals surface area contributed by atoms with Gasteiger partial charge in [0.2, 0.25) is 0 Å². The van der Waals surface area contributed by atoms with Gasteiger partial charge in [-0.1, -0.05) is 49.1 Å². The number of hydrogen-bond acceptors (Lipinski definition) is 3. The van der Waals surface area contributed by atoms with E-state index in [9.17, 15) is 0 Å². The topological polar surface area (TPSA) is 41.3 Å². The minimum Gasteiger partial charge on any atom is -0.302 e. The van der Waals surface area contributed by atoms with E-state index in [2.05, 4.69) is 63.4 Å². The van der Waals surface area contributed by atoms with E-state index >= 15 is 0 Å². The molecule has 0 radical (unpaired) electrons. The number of hydrazine groups is 1. The molecule has 0 bridgehead atoms. The molecule has 3 unspecified atom stereocenters. The first-order valence-electron chi connectivity index (χ1n) is 8.11. The van der Waals surface area contributed by atoms with Crippen molar-refractivity contribution in [3.05, 3.63) is 34.9 Å². The molecule has 1 saturated carbocycles. The average molecular weight is 289 g/mol. The predicted molar refractivity (Wildman–Crippen MR) is 90.0 cm³/mol. The number of hydrogen-bond donors (Lipinski definition) is 2. The minimum absolute atomic E-state index is 0.104. The molecule has 2 rings (SSSR count). The van der Waals surface area contributed by atoms with E-state index in [1.165, 1.54) is 42.4 Å². The molecule has 1 fully saturated rings. The highest BCUT2D eigenvalue weighted by Gasteiger charge is 2.44. The molecular weight excluding hydrogens is 258 g/mol. The Morgan fingerprint density at radius 2 is 1.86 bits per heavy atom. The third kappa shape index (κ3) is 3.31. The number of rotatable bonds is 4. The van der Waals surface area contributed by atoms with Gasteiger partial charge in [0.1, 0.15) is 0 Å². The summed E-state index contributed by atoms with van der Waals surface area (Å²) in [5.74, 6) is 6.78. The molecule has 118 valence electrons. The summed E-state index contributed by atoms with van der Waals surface area (Å²) in [6.07, 6.45) is 5.01. The van der Waals surface area contributed by atoms with Crippen LogP contribution >= 0.6 is 0 Å². The molecule has 3 N–H and O–H groups in total. The van der Waals surface area contributed by atoms with Crippen molar-refractivity contribution in [2.24, 2.45) is 11.8 Å². The molecule has 21 heavy (non-hydrogen) atoms. The Kier molecular flexibility index (Phi) is 5.07. The number of nitrogens with two attached hydrogens (primary N) is 1. The van der Waals surface area contributed by atoms with Gasteiger partial charge in [-0.15, -0.1) is 0 Å². The third-order valence-electron chi connectivity index (χ3n) is 5.18. The fourth-order valence-electron chi connectivity index (χ4n) is 4.23. The maximum absolute atomic E-state index is 6.03. The number of nitrogens with zero attached hydrogens (tertiary/aromatic N) is 1. The van der Waals surface area contributed by atoms with Gasteiger partial charge in [0.15, 0.2) is 0 Å². The van der Waals surface area contributed by atoms with E-state index in [1.54, 1.807) is 0 Å². The summed E-state index contributed by atoms with van der Waals surface area (Å²) in [7, 11) is 4.40. The van der Waals surface area contributed by atoms with Gasteiger partial charge in [-0.2, -0.15) is 0 Å². The standard InChI is InChI=1S/C18H31N3/c1-13-7-6-8-18(12-13,21(4)5)17(20-19)16-10-14(2)9-15(3)11-16/h9-11,13,17,20H,6-8,12,19H2,1-5H3. The fourth-order valence-corrected chi connectivity index (χ4v) is 4.23. The lowest BCUT2D eigenvalue weighted by atomic mass is 9.69. The van der Waals surface area contributed by atoms with Crippen molar-refractivity contribution < 1.29 is 0 Å².